The van der Waals surface area contributed by atoms with Gasteiger partial charge in [0, 0.05) is 31.2 Å². The van der Waals surface area contributed by atoms with Gasteiger partial charge in [-0.2, -0.15) is 0 Å². The van der Waals surface area contributed by atoms with Crippen molar-refractivity contribution in [1.82, 2.24) is 19.8 Å². The third-order valence-corrected chi connectivity index (χ3v) is 5.77. The maximum absolute atomic E-state index is 12.6. The molecule has 2 aliphatic rings. The van der Waals surface area contributed by atoms with Crippen LogP contribution in [0.3, 0.4) is 0 Å². The molecule has 2 N–H and O–H groups in total. The molecule has 1 fully saturated rings. The number of hydrogen-bond acceptors (Lipinski definition) is 5. The zero-order valence-electron chi connectivity index (χ0n) is 17.3. The van der Waals surface area contributed by atoms with Gasteiger partial charge in [-0.1, -0.05) is 12.1 Å². The first-order chi connectivity index (χ1) is 14.3. The number of fused-ring (bicyclic) bond motifs is 1. The van der Waals surface area contributed by atoms with Crippen molar-refractivity contribution in [2.75, 3.05) is 18.4 Å². The van der Waals surface area contributed by atoms with Gasteiger partial charge in [-0.25, -0.2) is 4.79 Å². The highest BCUT2D eigenvalue weighted by Crippen LogP contribution is 2.30. The SMILES string of the molecule is CC(C)(O)C(=O)N1CCC(c2ccc(NC(=O)N3Cc4nccnc4C3)cc2)CC1. The van der Waals surface area contributed by atoms with E-state index in [1.54, 1.807) is 22.2 Å². The molecule has 0 radical (unpaired) electrons. The summed E-state index contributed by atoms with van der Waals surface area (Å²) in [5.74, 6) is 0.152. The van der Waals surface area contributed by atoms with Gasteiger partial charge in [0.15, 0.2) is 0 Å². The van der Waals surface area contributed by atoms with E-state index in [9.17, 15) is 14.7 Å². The van der Waals surface area contributed by atoms with Crippen LogP contribution in [0.15, 0.2) is 36.7 Å². The fourth-order valence-corrected chi connectivity index (χ4v) is 4.06. The lowest BCUT2D eigenvalue weighted by Crippen LogP contribution is -2.48. The molecular formula is C22H27N5O3. The fourth-order valence-electron chi connectivity index (χ4n) is 4.06. The highest BCUT2D eigenvalue weighted by Gasteiger charge is 2.32. The Morgan fingerprint density at radius 1 is 1.00 bits per heavy atom. The van der Waals surface area contributed by atoms with E-state index in [1.807, 2.05) is 24.3 Å². The molecule has 30 heavy (non-hydrogen) atoms. The Morgan fingerprint density at radius 3 is 2.10 bits per heavy atom. The molecule has 1 saturated heterocycles. The first-order valence-corrected chi connectivity index (χ1v) is 10.3. The molecule has 0 spiro atoms. The summed E-state index contributed by atoms with van der Waals surface area (Å²) in [7, 11) is 0. The molecule has 2 aromatic rings. The summed E-state index contributed by atoms with van der Waals surface area (Å²) in [6.07, 6.45) is 5.01. The lowest BCUT2D eigenvalue weighted by Gasteiger charge is -2.35. The number of urea groups is 1. The molecule has 3 amide bonds. The van der Waals surface area contributed by atoms with Gasteiger partial charge in [0.25, 0.3) is 5.91 Å². The van der Waals surface area contributed by atoms with Crippen LogP contribution in [0.5, 0.6) is 0 Å². The maximum atomic E-state index is 12.6. The van der Waals surface area contributed by atoms with Gasteiger partial charge in [-0.15, -0.1) is 0 Å². The number of carbonyl (C=O) groups is 2. The average molecular weight is 409 g/mol. The van der Waals surface area contributed by atoms with E-state index in [0.717, 1.165) is 29.9 Å². The summed E-state index contributed by atoms with van der Waals surface area (Å²) < 4.78 is 0. The predicted molar refractivity (Wildman–Crippen MR) is 112 cm³/mol. The zero-order valence-corrected chi connectivity index (χ0v) is 17.3. The molecule has 8 nitrogen and oxygen atoms in total. The second-order valence-electron chi connectivity index (χ2n) is 8.48. The van der Waals surface area contributed by atoms with Gasteiger partial charge in [-0.3, -0.25) is 14.8 Å². The van der Waals surface area contributed by atoms with E-state index in [1.165, 1.54) is 19.4 Å². The quantitative estimate of drug-likeness (QED) is 0.812. The van der Waals surface area contributed by atoms with Gasteiger partial charge in [0.1, 0.15) is 5.60 Å². The van der Waals surface area contributed by atoms with E-state index in [0.29, 0.717) is 32.1 Å². The van der Waals surface area contributed by atoms with Crippen LogP contribution in [0.4, 0.5) is 10.5 Å². The Morgan fingerprint density at radius 2 is 1.57 bits per heavy atom. The van der Waals surface area contributed by atoms with Crippen molar-refractivity contribution in [3.05, 3.63) is 53.6 Å². The van der Waals surface area contributed by atoms with Crippen molar-refractivity contribution < 1.29 is 14.7 Å². The number of hydrogen-bond donors (Lipinski definition) is 2. The highest BCUT2D eigenvalue weighted by atomic mass is 16.3. The molecule has 3 heterocycles. The number of aliphatic hydroxyl groups is 1. The number of carbonyl (C=O) groups excluding carboxylic acids is 2. The topological polar surface area (TPSA) is 98.7 Å². The first-order valence-electron chi connectivity index (χ1n) is 10.3. The second kappa shape index (κ2) is 8.02. The molecule has 0 saturated carbocycles. The Balaban J connectivity index is 1.31. The monoisotopic (exact) mass is 409 g/mol. The van der Waals surface area contributed by atoms with Gasteiger partial charge in [-0.05, 0) is 50.3 Å². The summed E-state index contributed by atoms with van der Waals surface area (Å²) in [6.45, 7) is 5.28. The first kappa shape index (κ1) is 20.3. The molecule has 8 heteroatoms. The lowest BCUT2D eigenvalue weighted by atomic mass is 9.89. The van der Waals surface area contributed by atoms with E-state index in [-0.39, 0.29) is 11.9 Å². The average Bonchev–Trinajstić information content (AvgIpc) is 3.18. The normalized spacial score (nSPS) is 17.0. The van der Waals surface area contributed by atoms with Crippen LogP contribution in [0.2, 0.25) is 0 Å². The summed E-state index contributed by atoms with van der Waals surface area (Å²) >= 11 is 0. The minimum atomic E-state index is -1.32. The van der Waals surface area contributed by atoms with Crippen LogP contribution in [0, 0.1) is 0 Å². The minimum absolute atomic E-state index is 0.166. The van der Waals surface area contributed by atoms with Gasteiger partial charge in [0.2, 0.25) is 0 Å². The molecule has 0 unspecified atom stereocenters. The van der Waals surface area contributed by atoms with E-state index in [4.69, 9.17) is 0 Å². The summed E-state index contributed by atoms with van der Waals surface area (Å²) in [5.41, 5.74) is 2.31. The molecule has 4 rings (SSSR count). The smallest absolute Gasteiger partial charge is 0.322 e. The number of amides is 3. The van der Waals surface area contributed by atoms with Crippen molar-refractivity contribution in [3.63, 3.8) is 0 Å². The molecule has 2 aliphatic heterocycles. The third-order valence-electron chi connectivity index (χ3n) is 5.77. The van der Waals surface area contributed by atoms with Crippen molar-refractivity contribution in [2.24, 2.45) is 0 Å². The highest BCUT2D eigenvalue weighted by molar-refractivity contribution is 5.89. The molecule has 0 atom stereocenters. The van der Waals surface area contributed by atoms with Gasteiger partial charge < -0.3 is 20.2 Å². The number of nitrogens with one attached hydrogen (secondary N) is 1. The van der Waals surface area contributed by atoms with Crippen molar-refractivity contribution in [2.45, 2.75) is 51.3 Å². The van der Waals surface area contributed by atoms with Crippen LogP contribution in [-0.2, 0) is 17.9 Å². The van der Waals surface area contributed by atoms with Crippen LogP contribution in [0.1, 0.15) is 49.6 Å². The van der Waals surface area contributed by atoms with Gasteiger partial charge in [0.05, 0.1) is 24.5 Å². The van der Waals surface area contributed by atoms with Crippen LogP contribution in [-0.4, -0.2) is 55.5 Å². The molecule has 1 aromatic heterocycles. The lowest BCUT2D eigenvalue weighted by molar-refractivity contribution is -0.148. The number of piperidine rings is 1. The molecule has 1 aromatic carbocycles. The Kier molecular flexibility index (Phi) is 5.42. The molecule has 0 bridgehead atoms. The summed E-state index contributed by atoms with van der Waals surface area (Å²) in [6, 6.07) is 7.74. The second-order valence-corrected chi connectivity index (χ2v) is 8.48. The van der Waals surface area contributed by atoms with Crippen LogP contribution in [0.25, 0.3) is 0 Å². The van der Waals surface area contributed by atoms with E-state index < -0.39 is 5.60 Å². The largest absolute Gasteiger partial charge is 0.381 e. The molecular weight excluding hydrogens is 382 g/mol. The zero-order chi connectivity index (χ0) is 21.3. The fraction of sp³-hybridized carbons (Fsp3) is 0.455. The standard InChI is InChI=1S/C22H27N5O3/c1-22(2,30)20(28)26-11-7-16(8-12-26)15-3-5-17(6-4-15)25-21(29)27-13-18-19(14-27)24-10-9-23-18/h3-6,9-10,16,30H,7-8,11-14H2,1-2H3,(H,25,29). The number of anilines is 1. The predicted octanol–water partition coefficient (Wildman–Crippen LogP) is 2.50. The number of likely N-dealkylation sites (tertiary alicyclic amines) is 1. The van der Waals surface area contributed by atoms with Gasteiger partial charge >= 0.3 is 6.03 Å². The van der Waals surface area contributed by atoms with Crippen molar-refractivity contribution in [3.8, 4) is 0 Å². The van der Waals surface area contributed by atoms with E-state index in [2.05, 4.69) is 15.3 Å². The summed E-state index contributed by atoms with van der Waals surface area (Å²) in [5, 5.41) is 12.9. The minimum Gasteiger partial charge on any atom is -0.381 e. The Bertz CT molecular complexity index is 906. The van der Waals surface area contributed by atoms with Crippen molar-refractivity contribution >= 4 is 17.6 Å². The number of benzene rings is 1. The maximum Gasteiger partial charge on any atom is 0.322 e. The summed E-state index contributed by atoms with van der Waals surface area (Å²) in [4.78, 5) is 36.7. The van der Waals surface area contributed by atoms with Crippen molar-refractivity contribution in [1.29, 1.82) is 0 Å². The Labute approximate surface area is 175 Å². The number of rotatable bonds is 3. The molecule has 158 valence electrons. The Hall–Kier alpha value is -3.00. The van der Waals surface area contributed by atoms with E-state index >= 15 is 0 Å². The number of nitrogens with zero attached hydrogens (tertiary/aromatic N) is 4. The third kappa shape index (κ3) is 4.28. The van der Waals surface area contributed by atoms with Crippen LogP contribution < -0.4 is 5.32 Å². The molecule has 0 aliphatic carbocycles. The number of aromatic nitrogens is 2. The van der Waals surface area contributed by atoms with Crippen LogP contribution >= 0.6 is 0 Å².